The van der Waals surface area contributed by atoms with Crippen molar-refractivity contribution in [1.29, 1.82) is 0 Å². The molecule has 0 aromatic heterocycles. The van der Waals surface area contributed by atoms with Gasteiger partial charge in [-0.2, -0.15) is 0 Å². The minimum atomic E-state index is -0.472. The minimum absolute atomic E-state index is 0.185. The van der Waals surface area contributed by atoms with Gasteiger partial charge in [0.1, 0.15) is 11.6 Å². The van der Waals surface area contributed by atoms with E-state index in [0.29, 0.717) is 21.3 Å². The molecule has 1 atom stereocenters. The van der Waals surface area contributed by atoms with Crippen LogP contribution in [0.2, 0.25) is 10.0 Å². The zero-order valence-corrected chi connectivity index (χ0v) is 14.7. The van der Waals surface area contributed by atoms with Crippen molar-refractivity contribution in [2.24, 2.45) is 0 Å². The van der Waals surface area contributed by atoms with E-state index in [9.17, 15) is 14.0 Å². The van der Waals surface area contributed by atoms with E-state index in [2.05, 4.69) is 5.32 Å². The van der Waals surface area contributed by atoms with Crippen LogP contribution in [-0.4, -0.2) is 18.3 Å². The Morgan fingerprint density at radius 3 is 2.84 bits per heavy atom. The minimum Gasteiger partial charge on any atom is -0.483 e. The fourth-order valence-corrected chi connectivity index (χ4v) is 3.21. The summed E-state index contributed by atoms with van der Waals surface area (Å²) in [6.07, 6.45) is 0.233. The van der Waals surface area contributed by atoms with E-state index < -0.39 is 11.7 Å². The first kappa shape index (κ1) is 17.7. The average Bonchev–Trinajstić information content (AvgIpc) is 2.86. The van der Waals surface area contributed by atoms with Crippen LogP contribution in [0.15, 0.2) is 30.3 Å². The monoisotopic (exact) mass is 381 g/mol. The molecule has 1 amide bonds. The molecule has 4 nitrogen and oxygen atoms in total. The van der Waals surface area contributed by atoms with Gasteiger partial charge in [-0.3, -0.25) is 9.59 Å². The van der Waals surface area contributed by atoms with Gasteiger partial charge in [0.05, 0.1) is 16.3 Å². The summed E-state index contributed by atoms with van der Waals surface area (Å²) in [7, 11) is 0. The largest absolute Gasteiger partial charge is 0.483 e. The van der Waals surface area contributed by atoms with Crippen LogP contribution in [0, 0.1) is 5.82 Å². The zero-order valence-electron chi connectivity index (χ0n) is 13.2. The van der Waals surface area contributed by atoms with Crippen LogP contribution in [0.25, 0.3) is 0 Å². The van der Waals surface area contributed by atoms with Gasteiger partial charge in [-0.05, 0) is 36.2 Å². The van der Waals surface area contributed by atoms with Crippen LogP contribution in [-0.2, 0) is 4.79 Å². The van der Waals surface area contributed by atoms with E-state index in [1.807, 2.05) is 0 Å². The summed E-state index contributed by atoms with van der Waals surface area (Å²) in [5.41, 5.74) is 0.929. The van der Waals surface area contributed by atoms with Crippen molar-refractivity contribution in [3.63, 3.8) is 0 Å². The van der Waals surface area contributed by atoms with Crippen LogP contribution >= 0.6 is 23.2 Å². The van der Waals surface area contributed by atoms with Gasteiger partial charge in [0.15, 0.2) is 12.4 Å². The third-order valence-corrected chi connectivity index (χ3v) is 4.54. The van der Waals surface area contributed by atoms with Gasteiger partial charge >= 0.3 is 0 Å². The summed E-state index contributed by atoms with van der Waals surface area (Å²) in [6, 6.07) is 7.29. The normalized spacial score (nSPS) is 15.8. The number of benzene rings is 2. The molecule has 0 saturated heterocycles. The number of carbonyl (C=O) groups is 2. The Morgan fingerprint density at radius 1 is 1.32 bits per heavy atom. The number of rotatable bonds is 4. The highest BCUT2D eigenvalue weighted by atomic mass is 35.5. The van der Waals surface area contributed by atoms with Crippen LogP contribution in [0.5, 0.6) is 5.75 Å². The standard InChI is InChI=1S/C18H14Cl2FNO3/c1-9-6-14(23)18-15(5-4-12(21)17(9)18)25-8-16(24)22-13-7-10(19)2-3-11(13)20/h2-5,7,9H,6,8H2,1H3,(H,22,24)/t9-/m0/s1. The third-order valence-electron chi connectivity index (χ3n) is 3.98. The summed E-state index contributed by atoms with van der Waals surface area (Å²) in [6.45, 7) is 1.44. The summed E-state index contributed by atoms with van der Waals surface area (Å²) in [5, 5.41) is 3.35. The van der Waals surface area contributed by atoms with E-state index in [1.54, 1.807) is 19.1 Å². The van der Waals surface area contributed by atoms with Crippen LogP contribution in [0.1, 0.15) is 35.2 Å². The lowest BCUT2D eigenvalue weighted by atomic mass is 10.0. The van der Waals surface area contributed by atoms with E-state index in [1.165, 1.54) is 18.2 Å². The molecule has 1 aliphatic carbocycles. The molecule has 2 aromatic carbocycles. The zero-order chi connectivity index (χ0) is 18.1. The number of nitrogens with one attached hydrogen (secondary N) is 1. The molecule has 1 aliphatic rings. The SMILES string of the molecule is C[C@H]1CC(=O)c2c(OCC(=O)Nc3cc(Cl)ccc3Cl)ccc(F)c21. The maximum absolute atomic E-state index is 13.9. The fourth-order valence-electron chi connectivity index (χ4n) is 2.87. The smallest absolute Gasteiger partial charge is 0.262 e. The summed E-state index contributed by atoms with van der Waals surface area (Å²) < 4.78 is 19.4. The predicted molar refractivity (Wildman–Crippen MR) is 94.3 cm³/mol. The molecule has 2 aromatic rings. The van der Waals surface area contributed by atoms with E-state index >= 15 is 0 Å². The first-order valence-electron chi connectivity index (χ1n) is 7.60. The molecular weight excluding hydrogens is 368 g/mol. The number of carbonyl (C=O) groups excluding carboxylic acids is 2. The van der Waals surface area contributed by atoms with Crippen molar-refractivity contribution in [2.75, 3.05) is 11.9 Å². The Kier molecular flexibility index (Phi) is 4.97. The molecule has 0 unspecified atom stereocenters. The van der Waals surface area contributed by atoms with E-state index in [-0.39, 0.29) is 36.0 Å². The van der Waals surface area contributed by atoms with Crippen LogP contribution in [0.4, 0.5) is 10.1 Å². The number of ether oxygens (including phenoxy) is 1. The van der Waals surface area contributed by atoms with Gasteiger partial charge < -0.3 is 10.1 Å². The second kappa shape index (κ2) is 7.02. The number of hydrogen-bond donors (Lipinski definition) is 1. The quantitative estimate of drug-likeness (QED) is 0.823. The molecule has 3 rings (SSSR count). The maximum Gasteiger partial charge on any atom is 0.262 e. The van der Waals surface area contributed by atoms with Crippen LogP contribution < -0.4 is 10.1 Å². The lowest BCUT2D eigenvalue weighted by Gasteiger charge is -2.12. The highest BCUT2D eigenvalue weighted by Crippen LogP contribution is 2.39. The number of halogens is 3. The van der Waals surface area contributed by atoms with Gasteiger partial charge in [-0.1, -0.05) is 30.1 Å². The van der Waals surface area contributed by atoms with Gasteiger partial charge in [-0.25, -0.2) is 4.39 Å². The molecule has 0 heterocycles. The third kappa shape index (κ3) is 3.62. The Labute approximate surface area is 153 Å². The number of hydrogen-bond acceptors (Lipinski definition) is 3. The second-order valence-electron chi connectivity index (χ2n) is 5.82. The molecule has 0 bridgehead atoms. The molecular formula is C18H14Cl2FNO3. The Morgan fingerprint density at radius 2 is 2.08 bits per heavy atom. The highest BCUT2D eigenvalue weighted by molar-refractivity contribution is 6.35. The topological polar surface area (TPSA) is 55.4 Å². The lowest BCUT2D eigenvalue weighted by molar-refractivity contribution is -0.118. The lowest BCUT2D eigenvalue weighted by Crippen LogP contribution is -2.21. The highest BCUT2D eigenvalue weighted by Gasteiger charge is 2.32. The van der Waals surface area contributed by atoms with Gasteiger partial charge in [0, 0.05) is 17.0 Å². The first-order valence-corrected chi connectivity index (χ1v) is 8.35. The number of ketones is 1. The average molecular weight is 382 g/mol. The van der Waals surface area contributed by atoms with Gasteiger partial charge in [-0.15, -0.1) is 0 Å². The molecule has 7 heteroatoms. The molecule has 1 N–H and O–H groups in total. The van der Waals surface area contributed by atoms with Gasteiger partial charge in [0.25, 0.3) is 5.91 Å². The molecule has 0 aliphatic heterocycles. The molecule has 0 fully saturated rings. The van der Waals surface area contributed by atoms with Crippen molar-refractivity contribution >= 4 is 40.6 Å². The first-order chi connectivity index (χ1) is 11.9. The Bertz CT molecular complexity index is 870. The molecule has 130 valence electrons. The van der Waals surface area contributed by atoms with Crippen molar-refractivity contribution in [2.45, 2.75) is 19.3 Å². The summed E-state index contributed by atoms with van der Waals surface area (Å²) in [5.74, 6) is -1.09. The van der Waals surface area contributed by atoms with Crippen molar-refractivity contribution in [3.8, 4) is 5.75 Å². The fraction of sp³-hybridized carbons (Fsp3) is 0.222. The maximum atomic E-state index is 13.9. The van der Waals surface area contributed by atoms with Crippen LogP contribution in [0.3, 0.4) is 0 Å². The van der Waals surface area contributed by atoms with E-state index in [0.717, 1.165) is 0 Å². The van der Waals surface area contributed by atoms with E-state index in [4.69, 9.17) is 27.9 Å². The Hall–Kier alpha value is -2.11. The predicted octanol–water partition coefficient (Wildman–Crippen LogP) is 4.84. The van der Waals surface area contributed by atoms with Crippen molar-refractivity contribution in [3.05, 3.63) is 57.3 Å². The Balaban J connectivity index is 1.73. The summed E-state index contributed by atoms with van der Waals surface area (Å²) >= 11 is 11.9. The molecule has 0 spiro atoms. The molecule has 25 heavy (non-hydrogen) atoms. The number of fused-ring (bicyclic) bond motifs is 1. The second-order valence-corrected chi connectivity index (χ2v) is 6.67. The van der Waals surface area contributed by atoms with Crippen molar-refractivity contribution < 1.29 is 18.7 Å². The number of anilines is 1. The summed E-state index contributed by atoms with van der Waals surface area (Å²) in [4.78, 5) is 24.2. The number of Topliss-reactive ketones (excluding diaryl/α,β-unsaturated/α-hetero) is 1. The number of amides is 1. The van der Waals surface area contributed by atoms with Crippen molar-refractivity contribution in [1.82, 2.24) is 0 Å². The van der Waals surface area contributed by atoms with Gasteiger partial charge in [0.2, 0.25) is 0 Å². The molecule has 0 saturated carbocycles. The molecule has 0 radical (unpaired) electrons.